The molecule has 2 aromatic rings. The maximum atomic E-state index is 13.9. The van der Waals surface area contributed by atoms with Crippen molar-refractivity contribution in [3.05, 3.63) is 52.6 Å². The number of carbonyl (C=O) groups excluding carboxylic acids is 2. The van der Waals surface area contributed by atoms with Crippen LogP contribution >= 0.6 is 11.6 Å². The minimum absolute atomic E-state index is 0.153. The topological polar surface area (TPSA) is 63.2 Å². The first-order valence-electron chi connectivity index (χ1n) is 5.79. The first-order valence-corrected chi connectivity index (χ1v) is 6.17. The van der Waals surface area contributed by atoms with E-state index in [2.05, 4.69) is 9.97 Å². The Labute approximate surface area is 122 Å². The number of Topliss-reactive ketones (excluding diaryl/α,β-unsaturated/α-hetero) is 1. The van der Waals surface area contributed by atoms with Crippen LogP contribution in [0.2, 0.25) is 5.15 Å². The largest absolute Gasteiger partial charge is 0.300 e. The van der Waals surface area contributed by atoms with Gasteiger partial charge in [0.1, 0.15) is 16.8 Å². The van der Waals surface area contributed by atoms with E-state index in [0.29, 0.717) is 0 Å². The van der Waals surface area contributed by atoms with E-state index in [1.165, 1.54) is 12.4 Å². The second kappa shape index (κ2) is 4.85. The fraction of sp³-hybridized carbons (Fsp3) is 0.0769. The number of carbonyl (C=O) groups is 2. The first-order chi connectivity index (χ1) is 9.99. The molecular formula is C13H6ClF2N3O2. The van der Waals surface area contributed by atoms with Crippen molar-refractivity contribution in [3.8, 4) is 0 Å². The predicted molar refractivity (Wildman–Crippen MR) is 68.9 cm³/mol. The zero-order valence-electron chi connectivity index (χ0n) is 10.3. The number of hydrogen-bond donors (Lipinski definition) is 0. The molecule has 0 aliphatic carbocycles. The summed E-state index contributed by atoms with van der Waals surface area (Å²) in [5.41, 5.74) is -0.638. The van der Waals surface area contributed by atoms with Crippen LogP contribution in [0.3, 0.4) is 0 Å². The van der Waals surface area contributed by atoms with Crippen molar-refractivity contribution < 1.29 is 18.4 Å². The van der Waals surface area contributed by atoms with E-state index in [1.807, 2.05) is 0 Å². The molecule has 0 bridgehead atoms. The van der Waals surface area contributed by atoms with Gasteiger partial charge in [-0.05, 0) is 12.1 Å². The van der Waals surface area contributed by atoms with Crippen molar-refractivity contribution in [1.29, 1.82) is 0 Å². The van der Waals surface area contributed by atoms with Crippen LogP contribution < -0.4 is 4.90 Å². The molecule has 0 atom stereocenters. The smallest absolute Gasteiger partial charge is 0.296 e. The molecule has 3 rings (SSSR count). The molecule has 0 saturated carbocycles. The summed E-state index contributed by atoms with van der Waals surface area (Å²) < 4.78 is 27.5. The Morgan fingerprint density at radius 1 is 1.10 bits per heavy atom. The molecule has 0 fully saturated rings. The number of hydrogen-bond acceptors (Lipinski definition) is 4. The molecule has 8 heteroatoms. The summed E-state index contributed by atoms with van der Waals surface area (Å²) in [7, 11) is 0. The second-order valence-corrected chi connectivity index (χ2v) is 4.69. The molecule has 0 unspecified atom stereocenters. The van der Waals surface area contributed by atoms with Crippen LogP contribution in [-0.2, 0) is 11.3 Å². The van der Waals surface area contributed by atoms with Gasteiger partial charge in [0.15, 0.2) is 0 Å². The average Bonchev–Trinajstić information content (AvgIpc) is 2.71. The zero-order valence-corrected chi connectivity index (χ0v) is 11.1. The molecule has 0 spiro atoms. The molecule has 1 aromatic heterocycles. The average molecular weight is 310 g/mol. The van der Waals surface area contributed by atoms with E-state index in [1.54, 1.807) is 0 Å². The van der Waals surface area contributed by atoms with Gasteiger partial charge in [0, 0.05) is 0 Å². The molecule has 0 saturated heterocycles. The minimum Gasteiger partial charge on any atom is -0.296 e. The molecule has 0 N–H and O–H groups in total. The van der Waals surface area contributed by atoms with E-state index < -0.39 is 28.9 Å². The molecule has 2 heterocycles. The Balaban J connectivity index is 2.05. The maximum Gasteiger partial charge on any atom is 0.300 e. The molecule has 1 amide bonds. The van der Waals surface area contributed by atoms with Gasteiger partial charge >= 0.3 is 0 Å². The Bertz CT molecular complexity index is 765. The van der Waals surface area contributed by atoms with Crippen LogP contribution in [0.25, 0.3) is 0 Å². The highest BCUT2D eigenvalue weighted by atomic mass is 35.5. The zero-order chi connectivity index (χ0) is 15.1. The maximum absolute atomic E-state index is 13.9. The van der Waals surface area contributed by atoms with Gasteiger partial charge in [-0.15, -0.1) is 0 Å². The number of fused-ring (bicyclic) bond motifs is 1. The lowest BCUT2D eigenvalue weighted by molar-refractivity contribution is -0.114. The van der Waals surface area contributed by atoms with Crippen LogP contribution in [0.1, 0.15) is 16.1 Å². The molecule has 5 nitrogen and oxygen atoms in total. The highest BCUT2D eigenvalue weighted by Crippen LogP contribution is 2.34. The lowest BCUT2D eigenvalue weighted by atomic mass is 10.1. The van der Waals surface area contributed by atoms with Gasteiger partial charge in [-0.25, -0.2) is 13.8 Å². The van der Waals surface area contributed by atoms with Crippen molar-refractivity contribution in [2.24, 2.45) is 0 Å². The van der Waals surface area contributed by atoms with Crippen molar-refractivity contribution >= 4 is 29.0 Å². The predicted octanol–water partition coefficient (Wildman–Crippen LogP) is 2.14. The van der Waals surface area contributed by atoms with Crippen molar-refractivity contribution in [1.82, 2.24) is 9.97 Å². The first kappa shape index (κ1) is 13.6. The Kier molecular flexibility index (Phi) is 3.13. The number of amides is 1. The Morgan fingerprint density at radius 3 is 2.48 bits per heavy atom. The summed E-state index contributed by atoms with van der Waals surface area (Å²) >= 11 is 5.59. The minimum atomic E-state index is -1.08. The van der Waals surface area contributed by atoms with Crippen LogP contribution in [0.5, 0.6) is 0 Å². The summed E-state index contributed by atoms with van der Waals surface area (Å²) in [6, 6.07) is 1.67. The van der Waals surface area contributed by atoms with Gasteiger partial charge in [0.2, 0.25) is 0 Å². The second-order valence-electron chi connectivity index (χ2n) is 4.30. The van der Waals surface area contributed by atoms with Crippen molar-refractivity contribution in [3.63, 3.8) is 0 Å². The SMILES string of the molecule is O=C1C(=O)N(Cc2cnc(Cl)cn2)c2c(F)ccc(F)c21. The Morgan fingerprint density at radius 2 is 1.81 bits per heavy atom. The van der Waals surface area contributed by atoms with Gasteiger partial charge in [0.05, 0.1) is 35.9 Å². The quantitative estimate of drug-likeness (QED) is 0.797. The third kappa shape index (κ3) is 2.15. The molecule has 21 heavy (non-hydrogen) atoms. The molecule has 0 radical (unpaired) electrons. The third-order valence-electron chi connectivity index (χ3n) is 3.01. The van der Waals surface area contributed by atoms with E-state index in [9.17, 15) is 18.4 Å². The Hall–Kier alpha value is -2.41. The number of anilines is 1. The van der Waals surface area contributed by atoms with E-state index in [4.69, 9.17) is 11.6 Å². The number of halogens is 3. The normalized spacial score (nSPS) is 13.8. The summed E-state index contributed by atoms with van der Waals surface area (Å²) in [5.74, 6) is -3.88. The van der Waals surface area contributed by atoms with E-state index in [0.717, 1.165) is 17.0 Å². The number of benzene rings is 1. The van der Waals surface area contributed by atoms with Crippen LogP contribution in [0, 0.1) is 11.6 Å². The van der Waals surface area contributed by atoms with Gasteiger partial charge in [-0.3, -0.25) is 19.5 Å². The summed E-state index contributed by atoms with van der Waals surface area (Å²) in [6.07, 6.45) is 2.54. The van der Waals surface area contributed by atoms with Gasteiger partial charge in [0.25, 0.3) is 11.7 Å². The fourth-order valence-corrected chi connectivity index (χ4v) is 2.18. The molecule has 1 aliphatic heterocycles. The molecule has 1 aliphatic rings. The molecule has 1 aromatic carbocycles. The van der Waals surface area contributed by atoms with Crippen LogP contribution in [-0.4, -0.2) is 21.7 Å². The van der Waals surface area contributed by atoms with Crippen molar-refractivity contribution in [2.45, 2.75) is 6.54 Å². The van der Waals surface area contributed by atoms with E-state index in [-0.39, 0.29) is 23.1 Å². The summed E-state index contributed by atoms with van der Waals surface area (Å²) in [4.78, 5) is 32.2. The van der Waals surface area contributed by atoms with Crippen molar-refractivity contribution in [2.75, 3.05) is 4.90 Å². The number of aromatic nitrogens is 2. The summed E-state index contributed by atoms with van der Waals surface area (Å²) in [6.45, 7) is -0.206. The van der Waals surface area contributed by atoms with Gasteiger partial charge in [-0.2, -0.15) is 0 Å². The number of rotatable bonds is 2. The van der Waals surface area contributed by atoms with E-state index >= 15 is 0 Å². The molecular weight excluding hydrogens is 304 g/mol. The summed E-state index contributed by atoms with van der Waals surface area (Å²) in [5, 5.41) is 0.153. The number of nitrogens with zero attached hydrogens (tertiary/aromatic N) is 3. The van der Waals surface area contributed by atoms with Crippen LogP contribution in [0.4, 0.5) is 14.5 Å². The van der Waals surface area contributed by atoms with Crippen LogP contribution in [0.15, 0.2) is 24.5 Å². The molecule has 106 valence electrons. The highest BCUT2D eigenvalue weighted by molar-refractivity contribution is 6.52. The lowest BCUT2D eigenvalue weighted by Crippen LogP contribution is -2.30. The lowest BCUT2D eigenvalue weighted by Gasteiger charge is -2.16. The monoisotopic (exact) mass is 309 g/mol. The standard InChI is InChI=1S/C13H6ClF2N3O2/c14-9-4-17-6(3-18-9)5-19-11-8(16)2-1-7(15)10(11)12(20)13(19)21/h1-4H,5H2. The highest BCUT2D eigenvalue weighted by Gasteiger charge is 2.40. The fourth-order valence-electron chi connectivity index (χ4n) is 2.09. The van der Waals surface area contributed by atoms with Gasteiger partial charge < -0.3 is 0 Å². The number of ketones is 1. The van der Waals surface area contributed by atoms with Gasteiger partial charge in [-0.1, -0.05) is 11.6 Å². The third-order valence-corrected chi connectivity index (χ3v) is 3.20.